The van der Waals surface area contributed by atoms with E-state index in [2.05, 4.69) is 204 Å². The molecule has 0 saturated carbocycles. The first-order valence-corrected chi connectivity index (χ1v) is 21.1. The van der Waals surface area contributed by atoms with Crippen LogP contribution in [0.25, 0.3) is 104 Å². The molecule has 0 aliphatic heterocycles. The number of rotatable bonds is 6. The molecule has 13 rings (SSSR count). The van der Waals surface area contributed by atoms with Gasteiger partial charge in [0.05, 0.1) is 11.0 Å². The fourth-order valence-electron chi connectivity index (χ4n) is 9.71. The van der Waals surface area contributed by atoms with Crippen LogP contribution in [0.5, 0.6) is 0 Å². The quantitative estimate of drug-likeness (QED) is 0.168. The minimum Gasteiger partial charge on any atom is -0.456 e. The van der Waals surface area contributed by atoms with Crippen molar-refractivity contribution in [1.82, 2.24) is 4.57 Å². The number of anilines is 3. The molecular formula is C58H36N2O2. The van der Waals surface area contributed by atoms with Gasteiger partial charge in [0, 0.05) is 60.5 Å². The Morgan fingerprint density at radius 1 is 0.339 bits per heavy atom. The van der Waals surface area contributed by atoms with Gasteiger partial charge in [0.15, 0.2) is 0 Å². The van der Waals surface area contributed by atoms with Crippen molar-refractivity contribution < 1.29 is 8.83 Å². The van der Waals surface area contributed by atoms with Gasteiger partial charge >= 0.3 is 0 Å². The normalized spacial score (nSPS) is 11.9. The van der Waals surface area contributed by atoms with Gasteiger partial charge < -0.3 is 18.3 Å². The number of nitrogens with zero attached hydrogens (tertiary/aromatic N) is 2. The Morgan fingerprint density at radius 2 is 0.935 bits per heavy atom. The minimum absolute atomic E-state index is 0.873. The van der Waals surface area contributed by atoms with E-state index >= 15 is 0 Å². The van der Waals surface area contributed by atoms with E-state index in [1.54, 1.807) is 0 Å². The molecule has 0 atom stereocenters. The molecule has 0 fully saturated rings. The van der Waals surface area contributed by atoms with Crippen molar-refractivity contribution >= 4 is 93.5 Å². The zero-order chi connectivity index (χ0) is 40.7. The summed E-state index contributed by atoms with van der Waals surface area (Å²) >= 11 is 0. The maximum absolute atomic E-state index is 6.27. The highest BCUT2D eigenvalue weighted by Crippen LogP contribution is 2.43. The third kappa shape index (κ3) is 5.33. The number of benzene rings is 10. The van der Waals surface area contributed by atoms with Crippen molar-refractivity contribution in [3.63, 3.8) is 0 Å². The van der Waals surface area contributed by atoms with Gasteiger partial charge in [-0.15, -0.1) is 0 Å². The van der Waals surface area contributed by atoms with Crippen molar-refractivity contribution in [1.29, 1.82) is 0 Å². The van der Waals surface area contributed by atoms with Crippen molar-refractivity contribution in [2.75, 3.05) is 4.90 Å². The van der Waals surface area contributed by atoms with Crippen LogP contribution in [0, 0.1) is 0 Å². The van der Waals surface area contributed by atoms with Crippen LogP contribution in [-0.4, -0.2) is 4.57 Å². The first-order chi connectivity index (χ1) is 30.7. The average molecular weight is 793 g/mol. The first-order valence-electron chi connectivity index (χ1n) is 21.1. The second-order valence-electron chi connectivity index (χ2n) is 16.1. The lowest BCUT2D eigenvalue weighted by atomic mass is 9.99. The Hall–Kier alpha value is -8.34. The lowest BCUT2D eigenvalue weighted by Gasteiger charge is -2.26. The number of hydrogen-bond acceptors (Lipinski definition) is 3. The molecule has 0 N–H and O–H groups in total. The lowest BCUT2D eigenvalue weighted by Crippen LogP contribution is -2.09. The van der Waals surface area contributed by atoms with Crippen LogP contribution in [-0.2, 0) is 0 Å². The number of furan rings is 2. The monoisotopic (exact) mass is 792 g/mol. The van der Waals surface area contributed by atoms with Crippen LogP contribution in [0.15, 0.2) is 227 Å². The lowest BCUT2D eigenvalue weighted by molar-refractivity contribution is 0.668. The van der Waals surface area contributed by atoms with E-state index < -0.39 is 0 Å². The van der Waals surface area contributed by atoms with Crippen molar-refractivity contribution in [3.05, 3.63) is 218 Å². The molecule has 0 unspecified atom stereocenters. The predicted molar refractivity (Wildman–Crippen MR) is 258 cm³/mol. The third-order valence-electron chi connectivity index (χ3n) is 12.6. The topological polar surface area (TPSA) is 34.5 Å². The van der Waals surface area contributed by atoms with E-state index in [1.807, 2.05) is 24.3 Å². The second kappa shape index (κ2) is 13.6. The van der Waals surface area contributed by atoms with Gasteiger partial charge in [-0.3, -0.25) is 0 Å². The second-order valence-corrected chi connectivity index (χ2v) is 16.1. The minimum atomic E-state index is 0.873. The predicted octanol–water partition coefficient (Wildman–Crippen LogP) is 16.5. The highest BCUT2D eigenvalue weighted by Gasteiger charge is 2.19. The van der Waals surface area contributed by atoms with Gasteiger partial charge in [-0.2, -0.15) is 0 Å². The number of para-hydroxylation sites is 3. The van der Waals surface area contributed by atoms with E-state index in [0.717, 1.165) is 88.9 Å². The molecule has 0 aliphatic rings. The summed E-state index contributed by atoms with van der Waals surface area (Å²) in [5, 5.41) is 9.43. The molecule has 0 aliphatic carbocycles. The molecule has 13 aromatic rings. The molecule has 10 aromatic carbocycles. The standard InChI is InChI=1S/C58H36N2O2/c1-2-12-41(13-3-1)60-52-35-40(26-32-47(52)49-33-25-38-11-4-5-14-46(38)58(49)60)37-21-27-42(28-22-37)59(44-31-34-55-51(36-44)48-15-6-8-18-53(48)61-55)43-29-23-39(24-30-43)45-17-10-20-56-57(45)50-16-7-9-19-54(50)62-56/h1-36H. The van der Waals surface area contributed by atoms with Crippen LogP contribution in [0.4, 0.5) is 17.1 Å². The average Bonchev–Trinajstić information content (AvgIpc) is 4.02. The summed E-state index contributed by atoms with van der Waals surface area (Å²) in [4.78, 5) is 2.34. The summed E-state index contributed by atoms with van der Waals surface area (Å²) < 4.78 is 15.0. The summed E-state index contributed by atoms with van der Waals surface area (Å²) in [6.45, 7) is 0. The fraction of sp³-hybridized carbons (Fsp3) is 0. The maximum Gasteiger partial charge on any atom is 0.136 e. The fourth-order valence-corrected chi connectivity index (χ4v) is 9.71. The Kier molecular flexibility index (Phi) is 7.57. The SMILES string of the molecule is c1ccc(-n2c3cc(-c4ccc(N(c5ccc(-c6cccc7oc8ccccc8c67)cc5)c5ccc6oc7ccccc7c6c5)cc4)ccc3c3ccc4ccccc4c32)cc1. The van der Waals surface area contributed by atoms with Crippen LogP contribution in [0.3, 0.4) is 0 Å². The zero-order valence-corrected chi connectivity index (χ0v) is 33.5. The van der Waals surface area contributed by atoms with Gasteiger partial charge in [-0.25, -0.2) is 0 Å². The third-order valence-corrected chi connectivity index (χ3v) is 12.6. The molecule has 3 aromatic heterocycles. The smallest absolute Gasteiger partial charge is 0.136 e. The number of aromatic nitrogens is 1. The Bertz CT molecular complexity index is 3850. The van der Waals surface area contributed by atoms with Gasteiger partial charge in [-0.1, -0.05) is 140 Å². The molecule has 62 heavy (non-hydrogen) atoms. The van der Waals surface area contributed by atoms with Crippen molar-refractivity contribution in [3.8, 4) is 27.9 Å². The molecule has 290 valence electrons. The molecule has 0 bridgehead atoms. The van der Waals surface area contributed by atoms with Crippen molar-refractivity contribution in [2.45, 2.75) is 0 Å². The number of fused-ring (bicyclic) bond motifs is 11. The van der Waals surface area contributed by atoms with E-state index in [1.165, 1.54) is 32.6 Å². The largest absolute Gasteiger partial charge is 0.456 e. The van der Waals surface area contributed by atoms with E-state index in [-0.39, 0.29) is 0 Å². The van der Waals surface area contributed by atoms with Crippen molar-refractivity contribution in [2.24, 2.45) is 0 Å². The Balaban J connectivity index is 0.942. The number of hydrogen-bond donors (Lipinski definition) is 0. The summed E-state index contributed by atoms with van der Waals surface area (Å²) in [5.74, 6) is 0. The van der Waals surface area contributed by atoms with Gasteiger partial charge in [-0.05, 0) is 107 Å². The zero-order valence-electron chi connectivity index (χ0n) is 33.5. The molecular weight excluding hydrogens is 757 g/mol. The van der Waals surface area contributed by atoms with Crippen LogP contribution >= 0.6 is 0 Å². The molecule has 0 amide bonds. The van der Waals surface area contributed by atoms with E-state index in [4.69, 9.17) is 8.83 Å². The van der Waals surface area contributed by atoms with Crippen LogP contribution < -0.4 is 4.90 Å². The van der Waals surface area contributed by atoms with Gasteiger partial charge in [0.25, 0.3) is 0 Å². The summed E-state index contributed by atoms with van der Waals surface area (Å²) in [6, 6.07) is 78.1. The summed E-state index contributed by atoms with van der Waals surface area (Å²) in [7, 11) is 0. The molecule has 4 nitrogen and oxygen atoms in total. The first kappa shape index (κ1) is 34.5. The van der Waals surface area contributed by atoms with Gasteiger partial charge in [0.2, 0.25) is 0 Å². The van der Waals surface area contributed by atoms with Crippen LogP contribution in [0.2, 0.25) is 0 Å². The molecule has 0 radical (unpaired) electrons. The highest BCUT2D eigenvalue weighted by molar-refractivity contribution is 6.19. The van der Waals surface area contributed by atoms with E-state index in [0.29, 0.717) is 0 Å². The van der Waals surface area contributed by atoms with Gasteiger partial charge in [0.1, 0.15) is 22.3 Å². The highest BCUT2D eigenvalue weighted by atomic mass is 16.3. The molecule has 0 spiro atoms. The summed E-state index contributed by atoms with van der Waals surface area (Å²) in [6.07, 6.45) is 0. The van der Waals surface area contributed by atoms with Crippen LogP contribution in [0.1, 0.15) is 0 Å². The maximum atomic E-state index is 6.27. The Labute approximate surface area is 356 Å². The van der Waals surface area contributed by atoms with E-state index in [9.17, 15) is 0 Å². The molecule has 0 saturated heterocycles. The molecule has 4 heteroatoms. The molecule has 3 heterocycles. The Morgan fingerprint density at radius 3 is 1.74 bits per heavy atom. The summed E-state index contributed by atoms with van der Waals surface area (Å²) in [5.41, 5.74) is 14.9.